The molecule has 2 rings (SSSR count). The van der Waals surface area contributed by atoms with Crippen LogP contribution in [-0.2, 0) is 9.53 Å². The molecule has 1 atom stereocenters. The summed E-state index contributed by atoms with van der Waals surface area (Å²) in [4.78, 5) is 15.5. The SMILES string of the molecule is O=C(O)CC1CN(CCCN2CCCC2)CCO1. The van der Waals surface area contributed by atoms with Gasteiger partial charge in [0.1, 0.15) is 0 Å². The third-order valence-electron chi connectivity index (χ3n) is 3.77. The van der Waals surface area contributed by atoms with E-state index in [1.807, 2.05) is 0 Å². The average molecular weight is 256 g/mol. The lowest BCUT2D eigenvalue weighted by molar-refractivity contribution is -0.142. The van der Waals surface area contributed by atoms with Gasteiger partial charge in [0, 0.05) is 13.1 Å². The van der Waals surface area contributed by atoms with Gasteiger partial charge in [-0.3, -0.25) is 9.69 Å². The highest BCUT2D eigenvalue weighted by Crippen LogP contribution is 2.11. The minimum absolute atomic E-state index is 0.122. The second-order valence-electron chi connectivity index (χ2n) is 5.29. The molecule has 2 heterocycles. The Morgan fingerprint density at radius 3 is 2.61 bits per heavy atom. The summed E-state index contributed by atoms with van der Waals surface area (Å²) in [6.45, 7) is 7.14. The van der Waals surface area contributed by atoms with Crippen LogP contribution in [0.2, 0.25) is 0 Å². The van der Waals surface area contributed by atoms with Crippen molar-refractivity contribution in [3.05, 3.63) is 0 Å². The number of morpholine rings is 1. The van der Waals surface area contributed by atoms with Crippen LogP contribution in [-0.4, -0.2) is 72.9 Å². The van der Waals surface area contributed by atoms with Crippen molar-refractivity contribution in [3.63, 3.8) is 0 Å². The first-order valence-electron chi connectivity index (χ1n) is 7.02. The first-order chi connectivity index (χ1) is 8.74. The molecule has 5 nitrogen and oxygen atoms in total. The van der Waals surface area contributed by atoms with E-state index in [-0.39, 0.29) is 12.5 Å². The van der Waals surface area contributed by atoms with Gasteiger partial charge in [-0.2, -0.15) is 0 Å². The fourth-order valence-electron chi connectivity index (χ4n) is 2.83. The summed E-state index contributed by atoms with van der Waals surface area (Å²) < 4.78 is 5.47. The Morgan fingerprint density at radius 1 is 1.17 bits per heavy atom. The highest BCUT2D eigenvalue weighted by atomic mass is 16.5. The van der Waals surface area contributed by atoms with Crippen LogP contribution in [0.5, 0.6) is 0 Å². The Bertz CT molecular complexity index is 267. The minimum atomic E-state index is -0.765. The summed E-state index contributed by atoms with van der Waals surface area (Å²) in [6, 6.07) is 0. The molecule has 1 unspecified atom stereocenters. The Hall–Kier alpha value is -0.650. The molecule has 2 aliphatic heterocycles. The largest absolute Gasteiger partial charge is 0.481 e. The molecule has 5 heteroatoms. The minimum Gasteiger partial charge on any atom is -0.481 e. The van der Waals surface area contributed by atoms with Gasteiger partial charge < -0.3 is 14.7 Å². The lowest BCUT2D eigenvalue weighted by Crippen LogP contribution is -2.44. The zero-order valence-electron chi connectivity index (χ0n) is 11.0. The van der Waals surface area contributed by atoms with Crippen LogP contribution in [0.4, 0.5) is 0 Å². The molecular weight excluding hydrogens is 232 g/mol. The van der Waals surface area contributed by atoms with E-state index in [1.165, 1.54) is 38.9 Å². The molecule has 0 spiro atoms. The molecule has 104 valence electrons. The fraction of sp³-hybridized carbons (Fsp3) is 0.923. The Labute approximate surface area is 109 Å². The van der Waals surface area contributed by atoms with Gasteiger partial charge in [0.25, 0.3) is 0 Å². The summed E-state index contributed by atoms with van der Waals surface area (Å²) in [6.07, 6.45) is 3.88. The summed E-state index contributed by atoms with van der Waals surface area (Å²) in [7, 11) is 0. The van der Waals surface area contributed by atoms with Gasteiger partial charge in [0.15, 0.2) is 0 Å². The zero-order valence-corrected chi connectivity index (χ0v) is 11.0. The standard InChI is InChI=1S/C13H24N2O3/c16-13(17)10-12-11-15(8-9-18-12)7-3-6-14-4-1-2-5-14/h12H,1-11H2,(H,16,17). The van der Waals surface area contributed by atoms with Crippen molar-refractivity contribution in [1.29, 1.82) is 0 Å². The molecule has 0 radical (unpaired) electrons. The van der Waals surface area contributed by atoms with Crippen molar-refractivity contribution in [2.45, 2.75) is 31.8 Å². The first kappa shape index (κ1) is 13.8. The van der Waals surface area contributed by atoms with E-state index >= 15 is 0 Å². The van der Waals surface area contributed by atoms with E-state index in [0.29, 0.717) is 6.61 Å². The summed E-state index contributed by atoms with van der Waals surface area (Å²) in [5.41, 5.74) is 0. The predicted octanol–water partition coefficient (Wildman–Crippen LogP) is 0.648. The molecule has 0 aromatic heterocycles. The highest BCUT2D eigenvalue weighted by Gasteiger charge is 2.22. The molecule has 18 heavy (non-hydrogen) atoms. The molecule has 0 bridgehead atoms. The van der Waals surface area contributed by atoms with E-state index in [2.05, 4.69) is 9.80 Å². The average Bonchev–Trinajstić information content (AvgIpc) is 2.82. The number of hydrogen-bond donors (Lipinski definition) is 1. The van der Waals surface area contributed by atoms with Gasteiger partial charge in [0.2, 0.25) is 0 Å². The van der Waals surface area contributed by atoms with E-state index in [1.54, 1.807) is 0 Å². The van der Waals surface area contributed by atoms with E-state index in [4.69, 9.17) is 9.84 Å². The van der Waals surface area contributed by atoms with E-state index in [9.17, 15) is 4.79 Å². The van der Waals surface area contributed by atoms with Crippen LogP contribution in [0.15, 0.2) is 0 Å². The van der Waals surface area contributed by atoms with Crippen molar-refractivity contribution in [2.24, 2.45) is 0 Å². The van der Waals surface area contributed by atoms with E-state index in [0.717, 1.165) is 19.6 Å². The maximum atomic E-state index is 10.7. The van der Waals surface area contributed by atoms with Crippen molar-refractivity contribution in [2.75, 3.05) is 45.9 Å². The predicted molar refractivity (Wildman–Crippen MR) is 68.7 cm³/mol. The van der Waals surface area contributed by atoms with Crippen LogP contribution in [0.3, 0.4) is 0 Å². The lowest BCUT2D eigenvalue weighted by atomic mass is 10.2. The molecular formula is C13H24N2O3. The fourth-order valence-corrected chi connectivity index (χ4v) is 2.83. The Balaban J connectivity index is 1.61. The molecule has 0 aromatic carbocycles. The van der Waals surface area contributed by atoms with Crippen LogP contribution >= 0.6 is 0 Å². The molecule has 2 fully saturated rings. The second-order valence-corrected chi connectivity index (χ2v) is 5.29. The monoisotopic (exact) mass is 256 g/mol. The van der Waals surface area contributed by atoms with Crippen molar-refractivity contribution in [3.8, 4) is 0 Å². The topological polar surface area (TPSA) is 53.0 Å². The van der Waals surface area contributed by atoms with Crippen molar-refractivity contribution >= 4 is 5.97 Å². The number of carboxylic acid groups (broad SMARTS) is 1. The van der Waals surface area contributed by atoms with Gasteiger partial charge in [-0.15, -0.1) is 0 Å². The quantitative estimate of drug-likeness (QED) is 0.756. The van der Waals surface area contributed by atoms with E-state index < -0.39 is 5.97 Å². The number of ether oxygens (including phenoxy) is 1. The van der Waals surface area contributed by atoms with Gasteiger partial charge in [-0.1, -0.05) is 0 Å². The zero-order chi connectivity index (χ0) is 12.8. The number of rotatable bonds is 6. The number of likely N-dealkylation sites (tertiary alicyclic amines) is 1. The van der Waals surface area contributed by atoms with Crippen molar-refractivity contribution < 1.29 is 14.6 Å². The molecule has 0 aromatic rings. The van der Waals surface area contributed by atoms with Crippen molar-refractivity contribution in [1.82, 2.24) is 9.80 Å². The number of aliphatic carboxylic acids is 1. The van der Waals surface area contributed by atoms with Crippen LogP contribution in [0.25, 0.3) is 0 Å². The lowest BCUT2D eigenvalue weighted by Gasteiger charge is -2.32. The highest BCUT2D eigenvalue weighted by molar-refractivity contribution is 5.67. The van der Waals surface area contributed by atoms with Crippen LogP contribution in [0, 0.1) is 0 Å². The van der Waals surface area contributed by atoms with Gasteiger partial charge >= 0.3 is 5.97 Å². The normalized spacial score (nSPS) is 26.6. The van der Waals surface area contributed by atoms with Crippen LogP contribution in [0.1, 0.15) is 25.7 Å². The van der Waals surface area contributed by atoms with Crippen LogP contribution < -0.4 is 0 Å². The number of hydrogen-bond acceptors (Lipinski definition) is 4. The second kappa shape index (κ2) is 7.07. The van der Waals surface area contributed by atoms with Gasteiger partial charge in [-0.05, 0) is 45.4 Å². The Kier molecular flexibility index (Phi) is 5.41. The molecule has 2 saturated heterocycles. The summed E-state index contributed by atoms with van der Waals surface area (Å²) in [5, 5.41) is 8.77. The number of carbonyl (C=O) groups is 1. The molecule has 1 N–H and O–H groups in total. The molecule has 0 aliphatic carbocycles. The summed E-state index contributed by atoms with van der Waals surface area (Å²) in [5.74, 6) is -0.765. The third-order valence-corrected chi connectivity index (χ3v) is 3.77. The number of nitrogens with zero attached hydrogens (tertiary/aromatic N) is 2. The third kappa shape index (κ3) is 4.55. The first-order valence-corrected chi connectivity index (χ1v) is 7.02. The summed E-state index contributed by atoms with van der Waals surface area (Å²) >= 11 is 0. The number of carboxylic acids is 1. The molecule has 2 aliphatic rings. The maximum Gasteiger partial charge on any atom is 0.306 e. The smallest absolute Gasteiger partial charge is 0.306 e. The molecule has 0 amide bonds. The van der Waals surface area contributed by atoms with Gasteiger partial charge in [0.05, 0.1) is 19.1 Å². The maximum absolute atomic E-state index is 10.7. The Morgan fingerprint density at radius 2 is 1.89 bits per heavy atom. The molecule has 0 saturated carbocycles. The van der Waals surface area contributed by atoms with Gasteiger partial charge in [-0.25, -0.2) is 0 Å².